The lowest BCUT2D eigenvalue weighted by Gasteiger charge is -2.24. The largest absolute Gasteiger partial charge is 0.328 e. The van der Waals surface area contributed by atoms with Crippen LogP contribution in [0.25, 0.3) is 0 Å². The van der Waals surface area contributed by atoms with Crippen molar-refractivity contribution in [3.05, 3.63) is 35.9 Å². The molecule has 0 aliphatic heterocycles. The number of carbonyl (C=O) groups is 1. The van der Waals surface area contributed by atoms with E-state index in [1.165, 1.54) is 0 Å². The Balaban J connectivity index is 2.03. The monoisotopic (exact) mass is 203 g/mol. The van der Waals surface area contributed by atoms with Gasteiger partial charge in [0.25, 0.3) is 0 Å². The zero-order valence-corrected chi connectivity index (χ0v) is 8.86. The van der Waals surface area contributed by atoms with Gasteiger partial charge >= 0.3 is 0 Å². The van der Waals surface area contributed by atoms with Gasteiger partial charge in [0.05, 0.1) is 0 Å². The zero-order valence-electron chi connectivity index (χ0n) is 8.86. The Morgan fingerprint density at radius 3 is 2.27 bits per heavy atom. The van der Waals surface area contributed by atoms with E-state index in [4.69, 9.17) is 5.73 Å². The minimum Gasteiger partial charge on any atom is -0.328 e. The highest BCUT2D eigenvalue weighted by Gasteiger charge is 2.24. The molecule has 1 aliphatic rings. The van der Waals surface area contributed by atoms with Crippen molar-refractivity contribution in [3.8, 4) is 0 Å². The number of carbonyl (C=O) groups excluding carboxylic acids is 1. The van der Waals surface area contributed by atoms with Gasteiger partial charge in [0.1, 0.15) is 0 Å². The van der Waals surface area contributed by atoms with E-state index in [1.54, 1.807) is 0 Å². The third-order valence-corrected chi connectivity index (χ3v) is 3.20. The summed E-state index contributed by atoms with van der Waals surface area (Å²) in [5.41, 5.74) is 6.67. The van der Waals surface area contributed by atoms with Gasteiger partial charge in [-0.25, -0.2) is 0 Å². The average molecular weight is 203 g/mol. The predicted octanol–water partition coefficient (Wildman–Crippen LogP) is 2.39. The summed E-state index contributed by atoms with van der Waals surface area (Å²) < 4.78 is 0. The van der Waals surface area contributed by atoms with Gasteiger partial charge in [-0.3, -0.25) is 4.79 Å². The molecule has 1 aromatic carbocycles. The summed E-state index contributed by atoms with van der Waals surface area (Å²) in [6.07, 6.45) is 3.89. The number of nitrogens with two attached hydrogens (primary N) is 1. The first kappa shape index (κ1) is 10.4. The van der Waals surface area contributed by atoms with Crippen LogP contribution in [0.5, 0.6) is 0 Å². The van der Waals surface area contributed by atoms with Gasteiger partial charge in [-0.05, 0) is 25.7 Å². The SMILES string of the molecule is N[C@H]1CC[C@H](C(=O)c2ccccc2)CC1. The first-order valence-electron chi connectivity index (χ1n) is 5.62. The Labute approximate surface area is 90.5 Å². The van der Waals surface area contributed by atoms with Crippen molar-refractivity contribution in [2.24, 2.45) is 11.7 Å². The summed E-state index contributed by atoms with van der Waals surface area (Å²) in [6, 6.07) is 9.88. The molecule has 0 unspecified atom stereocenters. The second-order valence-electron chi connectivity index (χ2n) is 4.34. The maximum Gasteiger partial charge on any atom is 0.165 e. The molecule has 1 fully saturated rings. The van der Waals surface area contributed by atoms with E-state index in [9.17, 15) is 4.79 Å². The topological polar surface area (TPSA) is 43.1 Å². The molecule has 1 aromatic rings. The number of ketones is 1. The third kappa shape index (κ3) is 2.45. The molecule has 15 heavy (non-hydrogen) atoms. The van der Waals surface area contributed by atoms with E-state index >= 15 is 0 Å². The predicted molar refractivity (Wildman–Crippen MR) is 60.7 cm³/mol. The maximum atomic E-state index is 12.1. The van der Waals surface area contributed by atoms with E-state index in [0.717, 1.165) is 31.2 Å². The van der Waals surface area contributed by atoms with Gasteiger partial charge in [-0.2, -0.15) is 0 Å². The molecule has 0 atom stereocenters. The molecule has 0 amide bonds. The standard InChI is InChI=1S/C13H17NO/c14-12-8-6-11(7-9-12)13(15)10-4-2-1-3-5-10/h1-5,11-12H,6-9,14H2/t11-,12-. The highest BCUT2D eigenvalue weighted by Crippen LogP contribution is 2.26. The highest BCUT2D eigenvalue weighted by atomic mass is 16.1. The van der Waals surface area contributed by atoms with Gasteiger partial charge in [-0.1, -0.05) is 30.3 Å². The second-order valence-corrected chi connectivity index (χ2v) is 4.34. The Kier molecular flexibility index (Phi) is 3.17. The summed E-state index contributed by atoms with van der Waals surface area (Å²) in [5.74, 6) is 0.495. The van der Waals surface area contributed by atoms with Gasteiger partial charge in [0.2, 0.25) is 0 Å². The molecule has 2 heteroatoms. The molecule has 0 radical (unpaired) electrons. The molecule has 1 saturated carbocycles. The minimum absolute atomic E-state index is 0.201. The van der Waals surface area contributed by atoms with Crippen molar-refractivity contribution in [2.75, 3.05) is 0 Å². The van der Waals surface area contributed by atoms with Crippen molar-refractivity contribution in [1.82, 2.24) is 0 Å². The van der Waals surface area contributed by atoms with Crippen molar-refractivity contribution in [3.63, 3.8) is 0 Å². The lowest BCUT2D eigenvalue weighted by molar-refractivity contribution is 0.0885. The van der Waals surface area contributed by atoms with Crippen LogP contribution < -0.4 is 5.73 Å². The van der Waals surface area contributed by atoms with Crippen LogP contribution in [0.1, 0.15) is 36.0 Å². The van der Waals surface area contributed by atoms with Crippen LogP contribution >= 0.6 is 0 Å². The lowest BCUT2D eigenvalue weighted by Crippen LogP contribution is -2.29. The van der Waals surface area contributed by atoms with Gasteiger partial charge in [0, 0.05) is 17.5 Å². The van der Waals surface area contributed by atoms with Crippen LogP contribution in [0.4, 0.5) is 0 Å². The second kappa shape index (κ2) is 4.58. The lowest BCUT2D eigenvalue weighted by atomic mass is 9.82. The van der Waals surface area contributed by atoms with Gasteiger partial charge in [-0.15, -0.1) is 0 Å². The number of rotatable bonds is 2. The molecule has 0 spiro atoms. The summed E-state index contributed by atoms with van der Waals surface area (Å²) >= 11 is 0. The summed E-state index contributed by atoms with van der Waals surface area (Å²) in [7, 11) is 0. The molecule has 0 heterocycles. The van der Waals surface area contributed by atoms with E-state index in [1.807, 2.05) is 30.3 Å². The summed E-state index contributed by atoms with van der Waals surface area (Å²) in [4.78, 5) is 12.1. The fourth-order valence-electron chi connectivity index (χ4n) is 2.22. The van der Waals surface area contributed by atoms with E-state index in [2.05, 4.69) is 0 Å². The number of hydrogen-bond acceptors (Lipinski definition) is 2. The molecular formula is C13H17NO. The Morgan fingerprint density at radius 1 is 1.07 bits per heavy atom. The average Bonchev–Trinajstić information content (AvgIpc) is 2.30. The quantitative estimate of drug-likeness (QED) is 0.750. The van der Waals surface area contributed by atoms with Crippen LogP contribution in [-0.4, -0.2) is 11.8 Å². The summed E-state index contributed by atoms with van der Waals surface area (Å²) in [6.45, 7) is 0. The van der Waals surface area contributed by atoms with Crippen molar-refractivity contribution >= 4 is 5.78 Å². The zero-order chi connectivity index (χ0) is 10.7. The fourth-order valence-corrected chi connectivity index (χ4v) is 2.22. The molecule has 2 rings (SSSR count). The van der Waals surface area contributed by atoms with Crippen LogP contribution in [0.2, 0.25) is 0 Å². The molecule has 0 bridgehead atoms. The Morgan fingerprint density at radius 2 is 1.67 bits per heavy atom. The van der Waals surface area contributed by atoms with Crippen LogP contribution in [0.3, 0.4) is 0 Å². The first-order valence-corrected chi connectivity index (χ1v) is 5.62. The van der Waals surface area contributed by atoms with Crippen molar-refractivity contribution in [1.29, 1.82) is 0 Å². The van der Waals surface area contributed by atoms with Crippen LogP contribution in [0, 0.1) is 5.92 Å². The highest BCUT2D eigenvalue weighted by molar-refractivity contribution is 5.97. The fraction of sp³-hybridized carbons (Fsp3) is 0.462. The van der Waals surface area contributed by atoms with Crippen LogP contribution in [0.15, 0.2) is 30.3 Å². The Bertz CT molecular complexity index is 326. The maximum absolute atomic E-state index is 12.1. The van der Waals surface area contributed by atoms with Gasteiger partial charge in [0.15, 0.2) is 5.78 Å². The van der Waals surface area contributed by atoms with Crippen molar-refractivity contribution in [2.45, 2.75) is 31.7 Å². The molecule has 1 aliphatic carbocycles. The number of Topliss-reactive ketones (excluding diaryl/α,β-unsaturated/α-hetero) is 1. The van der Waals surface area contributed by atoms with Crippen LogP contribution in [-0.2, 0) is 0 Å². The Hall–Kier alpha value is -1.15. The molecule has 2 nitrogen and oxygen atoms in total. The van der Waals surface area contributed by atoms with E-state index in [-0.39, 0.29) is 5.92 Å². The molecule has 0 aromatic heterocycles. The first-order chi connectivity index (χ1) is 7.27. The van der Waals surface area contributed by atoms with Gasteiger partial charge < -0.3 is 5.73 Å². The molecular weight excluding hydrogens is 186 g/mol. The molecule has 0 saturated heterocycles. The van der Waals surface area contributed by atoms with E-state index in [0.29, 0.717) is 11.8 Å². The third-order valence-electron chi connectivity index (χ3n) is 3.20. The number of benzene rings is 1. The molecule has 80 valence electrons. The molecule has 2 N–H and O–H groups in total. The summed E-state index contributed by atoms with van der Waals surface area (Å²) in [5, 5.41) is 0. The number of hydrogen-bond donors (Lipinski definition) is 1. The minimum atomic E-state index is 0.201. The van der Waals surface area contributed by atoms with Crippen molar-refractivity contribution < 1.29 is 4.79 Å². The van der Waals surface area contributed by atoms with E-state index < -0.39 is 0 Å². The smallest absolute Gasteiger partial charge is 0.165 e. The normalized spacial score (nSPS) is 26.2.